The molecule has 0 bridgehead atoms. The van der Waals surface area contributed by atoms with Crippen molar-refractivity contribution in [1.82, 2.24) is 5.32 Å². The molecule has 2 unspecified atom stereocenters. The highest BCUT2D eigenvalue weighted by molar-refractivity contribution is 5.89. The lowest BCUT2D eigenvalue weighted by atomic mass is 10.0. The van der Waals surface area contributed by atoms with Gasteiger partial charge in [-0.05, 0) is 37.1 Å². The van der Waals surface area contributed by atoms with Gasteiger partial charge in [0, 0.05) is 18.3 Å². The monoisotopic (exact) mass is 340 g/mol. The first kappa shape index (κ1) is 17.5. The van der Waals surface area contributed by atoms with Crippen LogP contribution in [-0.4, -0.2) is 30.9 Å². The smallest absolute Gasteiger partial charge is 0.414 e. The van der Waals surface area contributed by atoms with Crippen LogP contribution in [0.2, 0.25) is 0 Å². The number of carbonyl (C=O) groups is 1. The normalized spacial score (nSPS) is 16.6. The number of aliphatic hydroxyl groups excluding tert-OH is 1. The zero-order valence-electron chi connectivity index (χ0n) is 14.6. The predicted octanol–water partition coefficient (Wildman–Crippen LogP) is 3.34. The van der Waals surface area contributed by atoms with E-state index in [-0.39, 0.29) is 12.1 Å². The highest BCUT2D eigenvalue weighted by Gasteiger charge is 2.24. The van der Waals surface area contributed by atoms with Gasteiger partial charge in [0.15, 0.2) is 0 Å². The molecular weight excluding hydrogens is 316 g/mol. The molecule has 1 saturated heterocycles. The van der Waals surface area contributed by atoms with Gasteiger partial charge >= 0.3 is 6.09 Å². The summed E-state index contributed by atoms with van der Waals surface area (Å²) in [6.45, 7) is 5.53. The molecule has 1 aliphatic rings. The van der Waals surface area contributed by atoms with Crippen LogP contribution < -0.4 is 10.2 Å². The van der Waals surface area contributed by atoms with Gasteiger partial charge in [-0.15, -0.1) is 0 Å². The molecule has 1 fully saturated rings. The molecule has 5 heteroatoms. The first-order valence-corrected chi connectivity index (χ1v) is 8.57. The number of amides is 1. The summed E-state index contributed by atoms with van der Waals surface area (Å²) in [5, 5.41) is 13.7. The lowest BCUT2D eigenvalue weighted by Gasteiger charge is -2.20. The average Bonchev–Trinajstić information content (AvgIpc) is 3.05. The molecule has 0 spiro atoms. The van der Waals surface area contributed by atoms with Crippen molar-refractivity contribution in [3.8, 4) is 0 Å². The fourth-order valence-corrected chi connectivity index (χ4v) is 2.99. The van der Waals surface area contributed by atoms with Crippen molar-refractivity contribution in [2.24, 2.45) is 0 Å². The number of nitrogens with one attached hydrogen (secondary N) is 1. The Kier molecular flexibility index (Phi) is 5.36. The SMILES string of the molecule is Cc1cccc(C(O)CNC(C)c2cccc(N3CCOC3=O)c2)c1. The molecule has 132 valence electrons. The van der Waals surface area contributed by atoms with Crippen LogP contribution in [0.15, 0.2) is 48.5 Å². The zero-order valence-corrected chi connectivity index (χ0v) is 14.6. The molecule has 2 aromatic carbocycles. The number of hydrogen-bond acceptors (Lipinski definition) is 4. The number of cyclic esters (lactones) is 1. The number of anilines is 1. The summed E-state index contributed by atoms with van der Waals surface area (Å²) in [6, 6.07) is 15.8. The Morgan fingerprint density at radius 2 is 1.96 bits per heavy atom. The molecule has 2 atom stereocenters. The van der Waals surface area contributed by atoms with Gasteiger partial charge in [-0.2, -0.15) is 0 Å². The van der Waals surface area contributed by atoms with Crippen molar-refractivity contribution >= 4 is 11.8 Å². The van der Waals surface area contributed by atoms with Crippen LogP contribution in [0.4, 0.5) is 10.5 Å². The van der Waals surface area contributed by atoms with E-state index < -0.39 is 6.10 Å². The molecule has 1 heterocycles. The Bertz CT molecular complexity index is 747. The van der Waals surface area contributed by atoms with Crippen molar-refractivity contribution in [2.45, 2.75) is 26.0 Å². The van der Waals surface area contributed by atoms with Crippen molar-refractivity contribution in [3.63, 3.8) is 0 Å². The molecule has 2 N–H and O–H groups in total. The summed E-state index contributed by atoms with van der Waals surface area (Å²) < 4.78 is 5.00. The first-order valence-electron chi connectivity index (χ1n) is 8.57. The topological polar surface area (TPSA) is 61.8 Å². The summed E-state index contributed by atoms with van der Waals surface area (Å²) >= 11 is 0. The van der Waals surface area contributed by atoms with E-state index in [1.54, 1.807) is 4.90 Å². The van der Waals surface area contributed by atoms with Gasteiger partial charge in [0.05, 0.1) is 12.6 Å². The fourth-order valence-electron chi connectivity index (χ4n) is 2.99. The quantitative estimate of drug-likeness (QED) is 0.847. The number of aliphatic hydroxyl groups is 1. The van der Waals surface area contributed by atoms with E-state index in [1.165, 1.54) is 0 Å². The molecule has 0 aliphatic carbocycles. The summed E-state index contributed by atoms with van der Waals surface area (Å²) in [7, 11) is 0. The molecule has 2 aromatic rings. The van der Waals surface area contributed by atoms with Gasteiger partial charge in [0.1, 0.15) is 6.61 Å². The molecule has 25 heavy (non-hydrogen) atoms. The Labute approximate surface area is 148 Å². The molecule has 0 aromatic heterocycles. The fraction of sp³-hybridized carbons (Fsp3) is 0.350. The molecule has 5 nitrogen and oxygen atoms in total. The third kappa shape index (κ3) is 4.18. The summed E-state index contributed by atoms with van der Waals surface area (Å²) in [6.07, 6.45) is -0.855. The summed E-state index contributed by atoms with van der Waals surface area (Å²) in [4.78, 5) is 13.3. The maximum Gasteiger partial charge on any atom is 0.414 e. The molecule has 0 saturated carbocycles. The maximum atomic E-state index is 11.7. The van der Waals surface area contributed by atoms with Gasteiger partial charge in [-0.25, -0.2) is 4.79 Å². The van der Waals surface area contributed by atoms with E-state index in [9.17, 15) is 9.90 Å². The second-order valence-corrected chi connectivity index (χ2v) is 6.42. The molecular formula is C20H24N2O3. The highest BCUT2D eigenvalue weighted by atomic mass is 16.6. The molecule has 3 rings (SSSR count). The second-order valence-electron chi connectivity index (χ2n) is 6.42. The summed E-state index contributed by atoms with van der Waals surface area (Å²) in [5.41, 5.74) is 3.95. The van der Waals surface area contributed by atoms with E-state index in [1.807, 2.05) is 62.4 Å². The third-order valence-electron chi connectivity index (χ3n) is 4.49. The minimum absolute atomic E-state index is 0.0537. The lowest BCUT2D eigenvalue weighted by molar-refractivity contribution is 0.170. The van der Waals surface area contributed by atoms with Gasteiger partial charge in [0.25, 0.3) is 0 Å². The zero-order chi connectivity index (χ0) is 17.8. The van der Waals surface area contributed by atoms with E-state index in [0.717, 1.165) is 22.4 Å². The highest BCUT2D eigenvalue weighted by Crippen LogP contribution is 2.23. The number of rotatable bonds is 6. The van der Waals surface area contributed by atoms with Crippen LogP contribution in [0.25, 0.3) is 0 Å². The van der Waals surface area contributed by atoms with Gasteiger partial charge in [0.2, 0.25) is 0 Å². The van der Waals surface area contributed by atoms with Crippen LogP contribution in [0.5, 0.6) is 0 Å². The Morgan fingerprint density at radius 3 is 2.68 bits per heavy atom. The Hall–Kier alpha value is -2.37. The first-order chi connectivity index (χ1) is 12.0. The minimum Gasteiger partial charge on any atom is -0.447 e. The van der Waals surface area contributed by atoms with E-state index >= 15 is 0 Å². The van der Waals surface area contributed by atoms with Crippen LogP contribution >= 0.6 is 0 Å². The average molecular weight is 340 g/mol. The number of aryl methyl sites for hydroxylation is 1. The van der Waals surface area contributed by atoms with Gasteiger partial charge in [-0.1, -0.05) is 42.0 Å². The molecule has 1 amide bonds. The third-order valence-corrected chi connectivity index (χ3v) is 4.49. The second kappa shape index (κ2) is 7.68. The standard InChI is InChI=1S/C20H24N2O3/c1-14-5-3-7-17(11-14)19(23)13-21-15(2)16-6-4-8-18(12-16)22-9-10-25-20(22)24/h3-8,11-12,15,19,21,23H,9-10,13H2,1-2H3. The number of carbonyl (C=O) groups excluding carboxylic acids is 1. The van der Waals surface area contributed by atoms with Crippen LogP contribution in [0.3, 0.4) is 0 Å². The van der Waals surface area contributed by atoms with Gasteiger partial charge in [-0.3, -0.25) is 4.90 Å². The van der Waals surface area contributed by atoms with E-state index in [4.69, 9.17) is 4.74 Å². The number of nitrogens with zero attached hydrogens (tertiary/aromatic N) is 1. The predicted molar refractivity (Wildman–Crippen MR) is 97.7 cm³/mol. The van der Waals surface area contributed by atoms with Crippen LogP contribution in [-0.2, 0) is 4.74 Å². The van der Waals surface area contributed by atoms with Crippen molar-refractivity contribution in [3.05, 3.63) is 65.2 Å². The maximum absolute atomic E-state index is 11.7. The number of ether oxygens (including phenoxy) is 1. The summed E-state index contributed by atoms with van der Waals surface area (Å²) in [5.74, 6) is 0. The van der Waals surface area contributed by atoms with Crippen molar-refractivity contribution < 1.29 is 14.6 Å². The number of benzene rings is 2. The van der Waals surface area contributed by atoms with Crippen molar-refractivity contribution in [2.75, 3.05) is 24.6 Å². The van der Waals surface area contributed by atoms with Crippen LogP contribution in [0.1, 0.15) is 35.8 Å². The largest absolute Gasteiger partial charge is 0.447 e. The van der Waals surface area contributed by atoms with Gasteiger partial charge < -0.3 is 15.2 Å². The molecule has 0 radical (unpaired) electrons. The van der Waals surface area contributed by atoms with E-state index in [0.29, 0.717) is 19.7 Å². The van der Waals surface area contributed by atoms with Crippen molar-refractivity contribution in [1.29, 1.82) is 0 Å². The minimum atomic E-state index is -0.556. The molecule has 1 aliphatic heterocycles. The van der Waals surface area contributed by atoms with E-state index in [2.05, 4.69) is 5.32 Å². The number of hydrogen-bond donors (Lipinski definition) is 2. The lowest BCUT2D eigenvalue weighted by Crippen LogP contribution is -2.26. The Morgan fingerprint density at radius 1 is 1.20 bits per heavy atom. The van der Waals surface area contributed by atoms with Crippen LogP contribution in [0, 0.1) is 6.92 Å². The Balaban J connectivity index is 1.63.